The van der Waals surface area contributed by atoms with Crippen molar-refractivity contribution >= 4 is 6.29 Å². The van der Waals surface area contributed by atoms with Crippen LogP contribution in [0.4, 0.5) is 0 Å². The van der Waals surface area contributed by atoms with Crippen LogP contribution in [0.1, 0.15) is 40.5 Å². The van der Waals surface area contributed by atoms with Crippen LogP contribution in [-0.4, -0.2) is 25.8 Å². The number of ether oxygens (including phenoxy) is 2. The quantitative estimate of drug-likeness (QED) is 0.734. The summed E-state index contributed by atoms with van der Waals surface area (Å²) in [5, 5.41) is 0. The maximum atomic E-state index is 11.0. The van der Waals surface area contributed by atoms with E-state index < -0.39 is 5.41 Å². The van der Waals surface area contributed by atoms with E-state index in [-0.39, 0.29) is 11.7 Å². The van der Waals surface area contributed by atoms with E-state index in [0.29, 0.717) is 13.2 Å². The highest BCUT2D eigenvalue weighted by Crippen LogP contribution is 2.40. The molecule has 0 unspecified atom stereocenters. The van der Waals surface area contributed by atoms with Crippen molar-refractivity contribution in [2.24, 2.45) is 10.8 Å². The molecule has 1 fully saturated rings. The lowest BCUT2D eigenvalue weighted by Gasteiger charge is -2.37. The third-order valence-corrected chi connectivity index (χ3v) is 4.14. The fraction of sp³-hybridized carbons (Fsp3) is 0.688. The van der Waals surface area contributed by atoms with Crippen LogP contribution in [0.25, 0.3) is 0 Å². The van der Waals surface area contributed by atoms with Gasteiger partial charge in [-0.15, -0.1) is 0 Å². The van der Waals surface area contributed by atoms with E-state index in [1.807, 2.05) is 6.92 Å². The first-order valence-corrected chi connectivity index (χ1v) is 6.93. The van der Waals surface area contributed by atoms with Gasteiger partial charge in [0.05, 0.1) is 18.6 Å². The van der Waals surface area contributed by atoms with E-state index in [9.17, 15) is 4.79 Å². The lowest BCUT2D eigenvalue weighted by Crippen LogP contribution is -2.41. The van der Waals surface area contributed by atoms with Crippen LogP contribution in [0, 0.1) is 10.8 Å². The van der Waals surface area contributed by atoms with Crippen molar-refractivity contribution in [1.29, 1.82) is 0 Å². The van der Waals surface area contributed by atoms with Crippen molar-refractivity contribution < 1.29 is 14.3 Å². The summed E-state index contributed by atoms with van der Waals surface area (Å²) in [6.45, 7) is 9.42. The molecule has 0 aromatic heterocycles. The lowest BCUT2D eigenvalue weighted by molar-refractivity contribution is -0.218. The predicted molar refractivity (Wildman–Crippen MR) is 74.7 cm³/mol. The molecule has 106 valence electrons. The molecule has 3 nitrogen and oxygen atoms in total. The fourth-order valence-electron chi connectivity index (χ4n) is 2.73. The molecule has 1 heterocycles. The van der Waals surface area contributed by atoms with Crippen LogP contribution < -0.4 is 0 Å². The van der Waals surface area contributed by atoms with E-state index in [0.717, 1.165) is 19.1 Å². The molecule has 0 radical (unpaired) electrons. The summed E-state index contributed by atoms with van der Waals surface area (Å²) < 4.78 is 11.4. The largest absolute Gasteiger partial charge is 0.351 e. The summed E-state index contributed by atoms with van der Waals surface area (Å²) >= 11 is 0. The Morgan fingerprint density at radius 1 is 1.32 bits per heavy atom. The molecule has 1 saturated heterocycles. The molecule has 0 aromatic rings. The molecule has 0 aromatic carbocycles. The van der Waals surface area contributed by atoms with Gasteiger partial charge in [-0.3, -0.25) is 0 Å². The molecule has 3 heteroatoms. The minimum atomic E-state index is -0.484. The van der Waals surface area contributed by atoms with Crippen molar-refractivity contribution in [3.05, 3.63) is 23.3 Å². The topological polar surface area (TPSA) is 35.5 Å². The highest BCUT2D eigenvalue weighted by atomic mass is 16.7. The normalized spacial score (nSPS) is 34.4. The van der Waals surface area contributed by atoms with E-state index in [1.54, 1.807) is 0 Å². The predicted octanol–water partition coefficient (Wildman–Crippen LogP) is 3.26. The van der Waals surface area contributed by atoms with Crippen molar-refractivity contribution in [2.45, 2.75) is 46.8 Å². The Hall–Kier alpha value is -0.930. The molecular formula is C16H24O3. The molecule has 0 N–H and O–H groups in total. The monoisotopic (exact) mass is 264 g/mol. The van der Waals surface area contributed by atoms with Crippen LogP contribution in [0.3, 0.4) is 0 Å². The average molecular weight is 264 g/mol. The Morgan fingerprint density at radius 3 is 2.47 bits per heavy atom. The minimum absolute atomic E-state index is 0.164. The Balaban J connectivity index is 2.03. The molecule has 2 rings (SSSR count). The number of carbonyl (C=O) groups excluding carboxylic acids is 1. The second-order valence-electron chi connectivity index (χ2n) is 6.68. The molecule has 0 atom stereocenters. The lowest BCUT2D eigenvalue weighted by atomic mass is 9.74. The van der Waals surface area contributed by atoms with Crippen molar-refractivity contribution in [3.63, 3.8) is 0 Å². The van der Waals surface area contributed by atoms with Crippen molar-refractivity contribution in [2.75, 3.05) is 13.2 Å². The van der Waals surface area contributed by atoms with E-state index in [1.165, 1.54) is 11.1 Å². The molecule has 1 aliphatic carbocycles. The number of rotatable bonds is 3. The summed E-state index contributed by atoms with van der Waals surface area (Å²) in [7, 11) is 0. The van der Waals surface area contributed by atoms with Crippen LogP contribution in [0.5, 0.6) is 0 Å². The maximum Gasteiger partial charge on any atom is 0.161 e. The second-order valence-corrected chi connectivity index (χ2v) is 6.68. The number of aldehydes is 1. The van der Waals surface area contributed by atoms with Gasteiger partial charge in [-0.2, -0.15) is 0 Å². The summed E-state index contributed by atoms with van der Waals surface area (Å²) in [4.78, 5) is 11.0. The number of allylic oxidation sites excluding steroid dienone is 3. The minimum Gasteiger partial charge on any atom is -0.351 e. The molecule has 2 aliphatic rings. The zero-order valence-corrected chi connectivity index (χ0v) is 12.4. The third kappa shape index (κ3) is 3.15. The molecule has 0 amide bonds. The van der Waals surface area contributed by atoms with Crippen LogP contribution in [-0.2, 0) is 14.3 Å². The van der Waals surface area contributed by atoms with Crippen molar-refractivity contribution in [1.82, 2.24) is 0 Å². The zero-order chi connectivity index (χ0) is 14.1. The van der Waals surface area contributed by atoms with Crippen molar-refractivity contribution in [3.8, 4) is 0 Å². The summed E-state index contributed by atoms with van der Waals surface area (Å²) in [5.41, 5.74) is 2.39. The Bertz CT molecular complexity index is 410. The highest BCUT2D eigenvalue weighted by molar-refractivity contribution is 5.59. The first kappa shape index (κ1) is 14.5. The van der Waals surface area contributed by atoms with Gasteiger partial charge in [0.2, 0.25) is 0 Å². The number of hydrogen-bond acceptors (Lipinski definition) is 3. The SMILES string of the molecule is CC1=C(CC2OCC(C)(C=O)CO2)C(C)(C)CC=C1. The Kier molecular flexibility index (Phi) is 3.98. The van der Waals surface area contributed by atoms with Gasteiger partial charge in [0.25, 0.3) is 0 Å². The van der Waals surface area contributed by atoms with E-state index in [4.69, 9.17) is 9.47 Å². The van der Waals surface area contributed by atoms with Gasteiger partial charge in [0.15, 0.2) is 6.29 Å². The first-order valence-electron chi connectivity index (χ1n) is 6.93. The summed E-state index contributed by atoms with van der Waals surface area (Å²) in [6.07, 6.45) is 6.96. The highest BCUT2D eigenvalue weighted by Gasteiger charge is 2.35. The summed E-state index contributed by atoms with van der Waals surface area (Å²) in [6, 6.07) is 0. The molecule has 19 heavy (non-hydrogen) atoms. The summed E-state index contributed by atoms with van der Waals surface area (Å²) in [5.74, 6) is 0. The molecular weight excluding hydrogens is 240 g/mol. The smallest absolute Gasteiger partial charge is 0.161 e. The number of carbonyl (C=O) groups is 1. The van der Waals surface area contributed by atoms with Crippen LogP contribution in [0.2, 0.25) is 0 Å². The molecule has 0 spiro atoms. The van der Waals surface area contributed by atoms with Crippen LogP contribution in [0.15, 0.2) is 23.3 Å². The standard InChI is InChI=1S/C16H24O3/c1-12-6-5-7-15(2,3)13(12)8-14-18-10-16(4,9-17)11-19-14/h5-6,9,14H,7-8,10-11H2,1-4H3. The van der Waals surface area contributed by atoms with Gasteiger partial charge in [-0.05, 0) is 25.7 Å². The molecule has 0 bridgehead atoms. The van der Waals surface area contributed by atoms with Gasteiger partial charge in [-0.1, -0.05) is 37.1 Å². The van der Waals surface area contributed by atoms with Gasteiger partial charge >= 0.3 is 0 Å². The fourth-order valence-corrected chi connectivity index (χ4v) is 2.73. The van der Waals surface area contributed by atoms with E-state index >= 15 is 0 Å². The van der Waals surface area contributed by atoms with E-state index in [2.05, 4.69) is 32.9 Å². The Morgan fingerprint density at radius 2 is 1.95 bits per heavy atom. The molecule has 1 aliphatic heterocycles. The van der Waals surface area contributed by atoms with Gasteiger partial charge in [0.1, 0.15) is 6.29 Å². The zero-order valence-electron chi connectivity index (χ0n) is 12.4. The first-order chi connectivity index (χ1) is 8.86. The third-order valence-electron chi connectivity index (χ3n) is 4.14. The molecule has 0 saturated carbocycles. The second kappa shape index (κ2) is 5.22. The average Bonchev–Trinajstić information content (AvgIpc) is 2.36. The maximum absolute atomic E-state index is 11.0. The Labute approximate surface area is 115 Å². The van der Waals surface area contributed by atoms with Crippen LogP contribution >= 0.6 is 0 Å². The van der Waals surface area contributed by atoms with Gasteiger partial charge in [-0.25, -0.2) is 0 Å². The number of hydrogen-bond donors (Lipinski definition) is 0. The van der Waals surface area contributed by atoms with Gasteiger partial charge < -0.3 is 14.3 Å². The van der Waals surface area contributed by atoms with Gasteiger partial charge in [0, 0.05) is 6.42 Å².